The van der Waals surface area contributed by atoms with Gasteiger partial charge in [0.05, 0.1) is 5.39 Å². The lowest BCUT2D eigenvalue weighted by molar-refractivity contribution is -0.0569. The average molecular weight is 528 g/mol. The number of hydrogen-bond acceptors (Lipinski definition) is 8. The van der Waals surface area contributed by atoms with Crippen LogP contribution in [0.25, 0.3) is 11.0 Å². The van der Waals surface area contributed by atoms with Crippen LogP contribution in [0, 0.1) is 3.57 Å². The standard InChI is InChI=1S/C20H29IN6O3/c1-25-7-4-20(5-8-25)3-2-6-26(20)10-13-15(28)16(29)19(30-13)27-9-12(21)14-17(22)23-11-24-18(14)27/h9,11,13,15-16,19,28-29H,2-8,10H2,1H3,(H2,22,23,24)/t13-,15-,16-,19-/m1/s1. The zero-order valence-corrected chi connectivity index (χ0v) is 19.3. The van der Waals surface area contributed by atoms with Crippen molar-refractivity contribution in [2.45, 2.75) is 55.8 Å². The molecule has 1 spiro atoms. The van der Waals surface area contributed by atoms with Gasteiger partial charge in [0.15, 0.2) is 6.23 Å². The van der Waals surface area contributed by atoms with Crippen molar-refractivity contribution in [2.75, 3.05) is 39.0 Å². The highest BCUT2D eigenvalue weighted by Gasteiger charge is 2.49. The Labute approximate surface area is 189 Å². The number of likely N-dealkylation sites (tertiary alicyclic amines) is 2. The molecule has 9 nitrogen and oxygen atoms in total. The van der Waals surface area contributed by atoms with E-state index in [1.807, 2.05) is 6.20 Å². The molecule has 3 aliphatic heterocycles. The van der Waals surface area contributed by atoms with Gasteiger partial charge in [-0.1, -0.05) is 0 Å². The number of nitrogens with zero attached hydrogens (tertiary/aromatic N) is 5. The summed E-state index contributed by atoms with van der Waals surface area (Å²) in [6.07, 6.45) is 4.80. The maximum absolute atomic E-state index is 10.8. The molecule has 0 amide bonds. The first-order valence-electron chi connectivity index (χ1n) is 10.6. The molecule has 30 heavy (non-hydrogen) atoms. The molecule has 0 unspecified atom stereocenters. The number of nitrogen functional groups attached to an aromatic ring is 1. The van der Waals surface area contributed by atoms with Gasteiger partial charge in [0.2, 0.25) is 0 Å². The molecule has 2 aromatic rings. The number of piperidine rings is 1. The van der Waals surface area contributed by atoms with Crippen molar-refractivity contribution in [3.05, 3.63) is 16.1 Å². The Bertz CT molecular complexity index is 931. The van der Waals surface area contributed by atoms with Gasteiger partial charge in [0.1, 0.15) is 36.1 Å². The summed E-state index contributed by atoms with van der Waals surface area (Å²) in [6.45, 7) is 3.85. The Morgan fingerprint density at radius 1 is 1.20 bits per heavy atom. The molecule has 5 heterocycles. The highest BCUT2D eigenvalue weighted by molar-refractivity contribution is 14.1. The molecule has 0 saturated carbocycles. The van der Waals surface area contributed by atoms with E-state index in [9.17, 15) is 10.2 Å². The third-order valence-electron chi connectivity index (χ3n) is 7.26. The molecule has 3 fully saturated rings. The van der Waals surface area contributed by atoms with Crippen molar-refractivity contribution >= 4 is 39.4 Å². The lowest BCUT2D eigenvalue weighted by Crippen LogP contribution is -2.54. The predicted molar refractivity (Wildman–Crippen MR) is 121 cm³/mol. The maximum Gasteiger partial charge on any atom is 0.164 e. The van der Waals surface area contributed by atoms with Crippen LogP contribution < -0.4 is 5.73 Å². The fraction of sp³-hybridized carbons (Fsp3) is 0.700. The second-order valence-corrected chi connectivity index (χ2v) is 10.1. The summed E-state index contributed by atoms with van der Waals surface area (Å²) >= 11 is 2.18. The molecule has 2 aromatic heterocycles. The first-order valence-corrected chi connectivity index (χ1v) is 11.7. The molecule has 4 atom stereocenters. The van der Waals surface area contributed by atoms with Gasteiger partial charge in [0.25, 0.3) is 0 Å². The van der Waals surface area contributed by atoms with Crippen LogP contribution >= 0.6 is 22.6 Å². The summed E-state index contributed by atoms with van der Waals surface area (Å²) < 4.78 is 8.92. The molecule has 4 N–H and O–H groups in total. The number of rotatable bonds is 3. The van der Waals surface area contributed by atoms with Crippen LogP contribution in [-0.4, -0.2) is 91.6 Å². The number of fused-ring (bicyclic) bond motifs is 1. The summed E-state index contributed by atoms with van der Waals surface area (Å²) in [7, 11) is 2.18. The van der Waals surface area contributed by atoms with Crippen LogP contribution in [-0.2, 0) is 4.74 Å². The number of ether oxygens (including phenoxy) is 1. The normalized spacial score (nSPS) is 32.5. The molecular formula is C20H29IN6O3. The summed E-state index contributed by atoms with van der Waals surface area (Å²) in [5.41, 5.74) is 6.84. The monoisotopic (exact) mass is 528 g/mol. The third-order valence-corrected chi connectivity index (χ3v) is 8.08. The molecule has 0 radical (unpaired) electrons. The van der Waals surface area contributed by atoms with Gasteiger partial charge in [-0.3, -0.25) is 4.90 Å². The summed E-state index contributed by atoms with van der Waals surface area (Å²) in [5, 5.41) is 22.4. The second-order valence-electron chi connectivity index (χ2n) is 8.97. The zero-order valence-electron chi connectivity index (χ0n) is 17.1. The lowest BCUT2D eigenvalue weighted by Gasteiger charge is -2.45. The number of nitrogens with two attached hydrogens (primary N) is 1. The van der Waals surface area contributed by atoms with Crippen molar-refractivity contribution in [1.29, 1.82) is 0 Å². The van der Waals surface area contributed by atoms with E-state index < -0.39 is 24.5 Å². The molecular weight excluding hydrogens is 499 g/mol. The Kier molecular flexibility index (Phi) is 5.43. The van der Waals surface area contributed by atoms with E-state index in [0.717, 1.165) is 41.4 Å². The molecule has 164 valence electrons. The molecule has 3 saturated heterocycles. The number of hydrogen-bond donors (Lipinski definition) is 3. The first-order chi connectivity index (χ1) is 14.4. The topological polar surface area (TPSA) is 113 Å². The molecule has 3 aliphatic rings. The van der Waals surface area contributed by atoms with E-state index >= 15 is 0 Å². The van der Waals surface area contributed by atoms with Crippen molar-refractivity contribution in [2.24, 2.45) is 0 Å². The minimum absolute atomic E-state index is 0.204. The van der Waals surface area contributed by atoms with Crippen LogP contribution in [0.4, 0.5) is 5.82 Å². The number of aliphatic hydroxyl groups is 2. The van der Waals surface area contributed by atoms with Crippen molar-refractivity contribution in [1.82, 2.24) is 24.3 Å². The minimum atomic E-state index is -1.03. The van der Waals surface area contributed by atoms with Gasteiger partial charge in [-0.05, 0) is 75.0 Å². The number of halogens is 1. The second kappa shape index (κ2) is 7.82. The quantitative estimate of drug-likeness (QED) is 0.502. The number of anilines is 1. The molecule has 0 aromatic carbocycles. The van der Waals surface area contributed by atoms with Gasteiger partial charge >= 0.3 is 0 Å². The maximum atomic E-state index is 10.8. The molecule has 5 rings (SSSR count). The molecule has 0 aliphatic carbocycles. The minimum Gasteiger partial charge on any atom is -0.387 e. The fourth-order valence-electron chi connectivity index (χ4n) is 5.46. The van der Waals surface area contributed by atoms with E-state index in [4.69, 9.17) is 10.5 Å². The van der Waals surface area contributed by atoms with E-state index in [1.165, 1.54) is 19.2 Å². The van der Waals surface area contributed by atoms with E-state index in [2.05, 4.69) is 49.4 Å². The summed E-state index contributed by atoms with van der Waals surface area (Å²) in [4.78, 5) is 13.3. The third kappa shape index (κ3) is 3.32. The number of aliphatic hydroxyl groups excluding tert-OH is 2. The smallest absolute Gasteiger partial charge is 0.164 e. The molecule has 10 heteroatoms. The Balaban J connectivity index is 1.38. The van der Waals surface area contributed by atoms with Crippen LogP contribution in [0.15, 0.2) is 12.5 Å². The van der Waals surface area contributed by atoms with Gasteiger partial charge in [-0.25, -0.2) is 9.97 Å². The highest BCUT2D eigenvalue weighted by Crippen LogP contribution is 2.41. The van der Waals surface area contributed by atoms with Crippen molar-refractivity contribution < 1.29 is 14.9 Å². The lowest BCUT2D eigenvalue weighted by atomic mass is 9.85. The van der Waals surface area contributed by atoms with Crippen LogP contribution in [0.3, 0.4) is 0 Å². The van der Waals surface area contributed by atoms with Crippen molar-refractivity contribution in [3.8, 4) is 0 Å². The van der Waals surface area contributed by atoms with Crippen LogP contribution in [0.1, 0.15) is 31.9 Å². The first kappa shape index (κ1) is 20.8. The zero-order chi connectivity index (χ0) is 21.0. The number of aromatic nitrogens is 3. The van der Waals surface area contributed by atoms with Gasteiger partial charge < -0.3 is 30.2 Å². The summed E-state index contributed by atoms with van der Waals surface area (Å²) in [5.74, 6) is 0.397. The SMILES string of the molecule is CN1CCC2(CCCN2C[C@H]2O[C@@H](n3cc(I)c4c(N)ncnc43)[C@H](O)[C@@H]2O)CC1. The Morgan fingerprint density at radius 3 is 2.73 bits per heavy atom. The van der Waals surface area contributed by atoms with E-state index in [1.54, 1.807) is 4.57 Å². The average Bonchev–Trinajstić information content (AvgIpc) is 3.36. The highest BCUT2D eigenvalue weighted by atomic mass is 127. The van der Waals surface area contributed by atoms with E-state index in [-0.39, 0.29) is 5.54 Å². The van der Waals surface area contributed by atoms with Gasteiger partial charge in [-0.2, -0.15) is 0 Å². The van der Waals surface area contributed by atoms with E-state index in [0.29, 0.717) is 18.0 Å². The Hall–Kier alpha value is -1.05. The van der Waals surface area contributed by atoms with Crippen LogP contribution in [0.5, 0.6) is 0 Å². The molecule has 0 bridgehead atoms. The fourth-order valence-corrected chi connectivity index (χ4v) is 6.28. The summed E-state index contributed by atoms with van der Waals surface area (Å²) in [6, 6.07) is 0. The van der Waals surface area contributed by atoms with Crippen LogP contribution in [0.2, 0.25) is 0 Å². The predicted octanol–water partition coefficient (Wildman–Crippen LogP) is 0.797. The van der Waals surface area contributed by atoms with Crippen molar-refractivity contribution in [3.63, 3.8) is 0 Å². The largest absolute Gasteiger partial charge is 0.387 e. The van der Waals surface area contributed by atoms with Gasteiger partial charge in [0, 0.05) is 21.9 Å². The Morgan fingerprint density at radius 2 is 1.97 bits per heavy atom. The van der Waals surface area contributed by atoms with Gasteiger partial charge in [-0.15, -0.1) is 0 Å².